The largest absolute Gasteiger partial charge is 0.374 e. The molecule has 1 N–H and O–H groups in total. The van der Waals surface area contributed by atoms with Gasteiger partial charge in [0.1, 0.15) is 5.82 Å². The summed E-state index contributed by atoms with van der Waals surface area (Å²) in [6.45, 7) is 3.61. The number of nitrogens with one attached hydrogen (secondary N) is 1. The molecule has 0 spiro atoms. The summed E-state index contributed by atoms with van der Waals surface area (Å²) < 4.78 is 5.74. The second-order valence-corrected chi connectivity index (χ2v) is 5.26. The highest BCUT2D eigenvalue weighted by Gasteiger charge is 2.22. The molecule has 22 heavy (non-hydrogen) atoms. The maximum Gasteiger partial charge on any atom is 0.148 e. The van der Waals surface area contributed by atoms with Crippen LogP contribution in [0.25, 0.3) is 0 Å². The van der Waals surface area contributed by atoms with Crippen LogP contribution in [0.5, 0.6) is 0 Å². The summed E-state index contributed by atoms with van der Waals surface area (Å²) in [6, 6.07) is 8.08. The maximum atomic E-state index is 9.16. The van der Waals surface area contributed by atoms with E-state index in [-0.39, 0.29) is 12.0 Å². The first-order valence-electron chi connectivity index (χ1n) is 7.44. The Morgan fingerprint density at radius 1 is 1.50 bits per heavy atom. The van der Waals surface area contributed by atoms with Crippen LogP contribution in [0.1, 0.15) is 12.8 Å². The number of nitrogens with zero attached hydrogens (tertiary/aromatic N) is 5. The molecule has 2 atom stereocenters. The van der Waals surface area contributed by atoms with Crippen LogP contribution in [0.2, 0.25) is 0 Å². The highest BCUT2D eigenvalue weighted by Crippen LogP contribution is 2.12. The van der Waals surface area contributed by atoms with Crippen molar-refractivity contribution in [3.63, 3.8) is 0 Å². The Labute approximate surface area is 130 Å². The minimum atomic E-state index is -0.0913. The van der Waals surface area contributed by atoms with Crippen molar-refractivity contribution in [3.8, 4) is 12.1 Å². The summed E-state index contributed by atoms with van der Waals surface area (Å²) in [6.07, 6.45) is 2.76. The molecule has 0 aliphatic carbocycles. The average Bonchev–Trinajstić information content (AvgIpc) is 2.58. The van der Waals surface area contributed by atoms with Crippen LogP contribution in [0, 0.1) is 28.6 Å². The lowest BCUT2D eigenvalue weighted by Gasteiger charge is -2.33. The van der Waals surface area contributed by atoms with Gasteiger partial charge in [0.05, 0.1) is 30.8 Å². The van der Waals surface area contributed by atoms with Gasteiger partial charge in [0.25, 0.3) is 0 Å². The number of aromatic nitrogens is 2. The second kappa shape index (κ2) is 8.93. The van der Waals surface area contributed by atoms with E-state index in [1.54, 1.807) is 6.20 Å². The van der Waals surface area contributed by atoms with Crippen molar-refractivity contribution in [2.45, 2.75) is 18.9 Å². The first-order chi connectivity index (χ1) is 10.8. The summed E-state index contributed by atoms with van der Waals surface area (Å²) in [5.74, 6) is 0.637. The zero-order valence-corrected chi connectivity index (χ0v) is 12.5. The normalized spacial score (nSPS) is 19.8. The minimum Gasteiger partial charge on any atom is -0.374 e. The van der Waals surface area contributed by atoms with E-state index in [0.29, 0.717) is 32.5 Å². The van der Waals surface area contributed by atoms with Crippen LogP contribution in [-0.2, 0) is 4.74 Å². The number of ether oxygens (including phenoxy) is 1. The van der Waals surface area contributed by atoms with Crippen LogP contribution in [0.3, 0.4) is 0 Å². The number of hydrogen-bond acceptors (Lipinski definition) is 7. The second-order valence-electron chi connectivity index (χ2n) is 5.26. The van der Waals surface area contributed by atoms with Crippen molar-refractivity contribution in [2.75, 3.05) is 38.1 Å². The molecule has 1 aliphatic rings. The van der Waals surface area contributed by atoms with E-state index in [1.807, 2.05) is 12.1 Å². The molecule has 0 unspecified atom stereocenters. The Kier molecular flexibility index (Phi) is 6.56. The molecule has 0 amide bonds. The quantitative estimate of drug-likeness (QED) is 0.803. The molecule has 1 saturated heterocycles. The summed E-state index contributed by atoms with van der Waals surface area (Å²) >= 11 is 0. The number of nitriles is 2. The molecule has 0 saturated carbocycles. The van der Waals surface area contributed by atoms with Gasteiger partial charge in [-0.05, 0) is 18.6 Å². The van der Waals surface area contributed by atoms with E-state index in [9.17, 15) is 0 Å². The van der Waals surface area contributed by atoms with Gasteiger partial charge in [-0.15, -0.1) is 5.10 Å². The zero-order valence-electron chi connectivity index (χ0n) is 12.5. The standard InChI is InChI=1S/C15H20N6O/c16-5-1-3-13(9-17)11-21-7-8-22-14(12-21)10-18-15-4-2-6-19-20-15/h2,4,6,13-14H,1,3,7-8,10-12H2,(H,18,20)/t13-,14-/m0/s1. The van der Waals surface area contributed by atoms with E-state index < -0.39 is 0 Å². The van der Waals surface area contributed by atoms with Crippen molar-refractivity contribution in [1.29, 1.82) is 10.5 Å². The first-order valence-corrected chi connectivity index (χ1v) is 7.44. The van der Waals surface area contributed by atoms with E-state index in [0.717, 1.165) is 18.9 Å². The summed E-state index contributed by atoms with van der Waals surface area (Å²) in [5, 5.41) is 28.8. The van der Waals surface area contributed by atoms with Gasteiger partial charge in [-0.1, -0.05) is 0 Å². The third-order valence-corrected chi connectivity index (χ3v) is 3.57. The van der Waals surface area contributed by atoms with Gasteiger partial charge in [-0.3, -0.25) is 4.90 Å². The predicted octanol–water partition coefficient (Wildman–Crippen LogP) is 1.03. The molecule has 2 rings (SSSR count). The highest BCUT2D eigenvalue weighted by atomic mass is 16.5. The Hall–Kier alpha value is -2.22. The van der Waals surface area contributed by atoms with Gasteiger partial charge in [0, 0.05) is 38.8 Å². The van der Waals surface area contributed by atoms with Gasteiger partial charge >= 0.3 is 0 Å². The molecule has 2 heterocycles. The van der Waals surface area contributed by atoms with Gasteiger partial charge in [0.2, 0.25) is 0 Å². The van der Waals surface area contributed by atoms with Gasteiger partial charge in [0.15, 0.2) is 0 Å². The molecule has 0 radical (unpaired) electrons. The number of hydrogen-bond donors (Lipinski definition) is 1. The molecule has 1 aromatic rings. The predicted molar refractivity (Wildman–Crippen MR) is 80.7 cm³/mol. The van der Waals surface area contributed by atoms with E-state index >= 15 is 0 Å². The zero-order chi connectivity index (χ0) is 15.6. The van der Waals surface area contributed by atoms with Crippen LogP contribution in [0.4, 0.5) is 5.82 Å². The fourth-order valence-electron chi connectivity index (χ4n) is 2.43. The van der Waals surface area contributed by atoms with Crippen molar-refractivity contribution in [3.05, 3.63) is 18.3 Å². The van der Waals surface area contributed by atoms with Crippen molar-refractivity contribution < 1.29 is 4.74 Å². The number of anilines is 1. The molecule has 1 aromatic heterocycles. The van der Waals surface area contributed by atoms with Gasteiger partial charge in [-0.2, -0.15) is 15.6 Å². The van der Waals surface area contributed by atoms with Gasteiger partial charge < -0.3 is 10.1 Å². The molecular weight excluding hydrogens is 280 g/mol. The third-order valence-electron chi connectivity index (χ3n) is 3.57. The van der Waals surface area contributed by atoms with E-state index in [2.05, 4.69) is 32.6 Å². The van der Waals surface area contributed by atoms with Crippen molar-refractivity contribution in [1.82, 2.24) is 15.1 Å². The summed E-state index contributed by atoms with van der Waals surface area (Å²) in [5.41, 5.74) is 0. The maximum absolute atomic E-state index is 9.16. The minimum absolute atomic E-state index is 0.0612. The smallest absolute Gasteiger partial charge is 0.148 e. The van der Waals surface area contributed by atoms with Crippen molar-refractivity contribution in [2.24, 2.45) is 5.92 Å². The average molecular weight is 300 g/mol. The lowest BCUT2D eigenvalue weighted by Crippen LogP contribution is -2.46. The number of rotatable bonds is 7. The Balaban J connectivity index is 1.76. The third kappa shape index (κ3) is 5.28. The van der Waals surface area contributed by atoms with Crippen LogP contribution in [-0.4, -0.2) is 54.0 Å². The highest BCUT2D eigenvalue weighted by molar-refractivity contribution is 5.31. The molecule has 7 heteroatoms. The molecule has 116 valence electrons. The fraction of sp³-hybridized carbons (Fsp3) is 0.600. The fourth-order valence-corrected chi connectivity index (χ4v) is 2.43. The van der Waals surface area contributed by atoms with E-state index in [1.165, 1.54) is 0 Å². The molecule has 0 aromatic carbocycles. The monoisotopic (exact) mass is 300 g/mol. The molecule has 0 bridgehead atoms. The van der Waals surface area contributed by atoms with Crippen LogP contribution >= 0.6 is 0 Å². The Bertz CT molecular complexity index is 523. The lowest BCUT2D eigenvalue weighted by molar-refractivity contribution is -0.0240. The Morgan fingerprint density at radius 2 is 2.41 bits per heavy atom. The van der Waals surface area contributed by atoms with Crippen molar-refractivity contribution >= 4 is 5.82 Å². The molecule has 1 fully saturated rings. The van der Waals surface area contributed by atoms with Crippen LogP contribution < -0.4 is 5.32 Å². The van der Waals surface area contributed by atoms with E-state index in [4.69, 9.17) is 15.3 Å². The molecule has 1 aliphatic heterocycles. The molecule has 7 nitrogen and oxygen atoms in total. The topological polar surface area (TPSA) is 97.9 Å². The lowest BCUT2D eigenvalue weighted by atomic mass is 10.0. The molecular formula is C15H20N6O. The number of morpholine rings is 1. The first kappa shape index (κ1) is 16.2. The van der Waals surface area contributed by atoms with Crippen LogP contribution in [0.15, 0.2) is 18.3 Å². The SMILES string of the molecule is N#CCC[C@@H](C#N)CN1CCO[C@@H](CNc2cccnn2)C1. The Morgan fingerprint density at radius 3 is 3.14 bits per heavy atom. The van der Waals surface area contributed by atoms with Gasteiger partial charge in [-0.25, -0.2) is 0 Å². The summed E-state index contributed by atoms with van der Waals surface area (Å²) in [4.78, 5) is 2.23. The summed E-state index contributed by atoms with van der Waals surface area (Å²) in [7, 11) is 0.